The molecule has 0 fully saturated rings. The smallest absolute Gasteiger partial charge is 0.225 e. The van der Waals surface area contributed by atoms with Crippen molar-refractivity contribution in [2.24, 2.45) is 7.05 Å². The van der Waals surface area contributed by atoms with Crippen LogP contribution in [-0.2, 0) is 7.05 Å². The van der Waals surface area contributed by atoms with Gasteiger partial charge in [-0.15, -0.1) is 0 Å². The van der Waals surface area contributed by atoms with Crippen molar-refractivity contribution in [2.75, 3.05) is 0 Å². The van der Waals surface area contributed by atoms with Crippen LogP contribution in [0.15, 0.2) is 127 Å². The van der Waals surface area contributed by atoms with Crippen molar-refractivity contribution >= 4 is 11.0 Å². The van der Waals surface area contributed by atoms with E-state index in [0.717, 1.165) is 5.69 Å². The molecule has 5 aromatic carbocycles. The van der Waals surface area contributed by atoms with Crippen LogP contribution in [-0.4, -0.2) is 4.57 Å². The molecule has 35 heavy (non-hydrogen) atoms. The van der Waals surface area contributed by atoms with Gasteiger partial charge < -0.3 is 0 Å². The Kier molecular flexibility index (Phi) is 5.27. The topological polar surface area (TPSA) is 8.81 Å². The Hall–Kier alpha value is -4.43. The lowest BCUT2D eigenvalue weighted by atomic mass is 9.99. The first-order chi connectivity index (χ1) is 17.2. The summed E-state index contributed by atoms with van der Waals surface area (Å²) in [6, 6.07) is 45.4. The number of hydrogen-bond donors (Lipinski definition) is 0. The van der Waals surface area contributed by atoms with E-state index in [2.05, 4.69) is 150 Å². The van der Waals surface area contributed by atoms with Crippen LogP contribution in [0.3, 0.4) is 0 Å². The molecule has 6 aromatic rings. The highest BCUT2D eigenvalue weighted by Gasteiger charge is 2.27. The Morgan fingerprint density at radius 3 is 1.74 bits per heavy atom. The van der Waals surface area contributed by atoms with Gasteiger partial charge in [0, 0.05) is 0 Å². The highest BCUT2D eigenvalue weighted by Crippen LogP contribution is 2.32. The maximum absolute atomic E-state index is 2.38. The van der Waals surface area contributed by atoms with Crippen molar-refractivity contribution in [1.82, 2.24) is 4.57 Å². The zero-order chi connectivity index (χ0) is 23.8. The second-order valence-corrected chi connectivity index (χ2v) is 9.02. The molecule has 0 saturated carbocycles. The molecule has 0 atom stereocenters. The molecule has 0 aliphatic carbocycles. The molecule has 1 aromatic heterocycles. The van der Waals surface area contributed by atoms with Crippen LogP contribution in [0.5, 0.6) is 0 Å². The van der Waals surface area contributed by atoms with Gasteiger partial charge in [0.2, 0.25) is 0 Å². The predicted octanol–water partition coefficient (Wildman–Crippen LogP) is 7.76. The maximum atomic E-state index is 2.38. The molecule has 1 heterocycles. The average Bonchev–Trinajstić information content (AvgIpc) is 3.22. The fourth-order valence-electron chi connectivity index (χ4n) is 5.04. The van der Waals surface area contributed by atoms with E-state index in [1.165, 1.54) is 50.2 Å². The Bertz CT molecular complexity index is 1630. The fourth-order valence-corrected chi connectivity index (χ4v) is 5.04. The van der Waals surface area contributed by atoms with E-state index in [9.17, 15) is 0 Å². The Morgan fingerprint density at radius 2 is 1.09 bits per heavy atom. The Labute approximate surface area is 206 Å². The van der Waals surface area contributed by atoms with Crippen LogP contribution >= 0.6 is 0 Å². The first kappa shape index (κ1) is 21.1. The molecule has 6 rings (SSSR count). The van der Waals surface area contributed by atoms with Gasteiger partial charge in [0.25, 0.3) is 5.82 Å². The van der Waals surface area contributed by atoms with E-state index in [0.29, 0.717) is 0 Å². The number of aryl methyl sites for hydroxylation is 2. The minimum Gasteiger partial charge on any atom is -0.225 e. The van der Waals surface area contributed by atoms with Crippen LogP contribution in [0.1, 0.15) is 5.56 Å². The van der Waals surface area contributed by atoms with Crippen LogP contribution in [0.4, 0.5) is 0 Å². The molecular formula is C33H27N2+. The van der Waals surface area contributed by atoms with Gasteiger partial charge in [-0.2, -0.15) is 4.57 Å². The van der Waals surface area contributed by atoms with E-state index in [4.69, 9.17) is 0 Å². The number of hydrogen-bond acceptors (Lipinski definition) is 0. The second-order valence-electron chi connectivity index (χ2n) is 9.02. The summed E-state index contributed by atoms with van der Waals surface area (Å²) in [5.74, 6) is 1.18. The third-order valence-electron chi connectivity index (χ3n) is 6.82. The van der Waals surface area contributed by atoms with E-state index in [1.807, 2.05) is 0 Å². The highest BCUT2D eigenvalue weighted by atomic mass is 15.2. The summed E-state index contributed by atoms with van der Waals surface area (Å²) in [5, 5.41) is 0. The lowest BCUT2D eigenvalue weighted by Gasteiger charge is -2.10. The van der Waals surface area contributed by atoms with Gasteiger partial charge in [-0.1, -0.05) is 97.1 Å². The van der Waals surface area contributed by atoms with Gasteiger partial charge in [-0.25, -0.2) is 4.57 Å². The minimum absolute atomic E-state index is 1.16. The minimum atomic E-state index is 1.16. The molecule has 168 valence electrons. The molecule has 0 aliphatic rings. The summed E-state index contributed by atoms with van der Waals surface area (Å²) in [6.07, 6.45) is 0. The van der Waals surface area contributed by atoms with Gasteiger partial charge in [0.1, 0.15) is 5.69 Å². The van der Waals surface area contributed by atoms with Crippen LogP contribution in [0, 0.1) is 6.92 Å². The third kappa shape index (κ3) is 3.74. The van der Waals surface area contributed by atoms with Crippen molar-refractivity contribution in [2.45, 2.75) is 6.92 Å². The SMILES string of the molecule is Cc1cc(-c2ccccc2)ccc1-c1n(-c2ccc(-c3ccccc3)cc2)c2ccccc2[n+]1C. The van der Waals surface area contributed by atoms with E-state index in [-0.39, 0.29) is 0 Å². The number of rotatable bonds is 4. The predicted molar refractivity (Wildman–Crippen MR) is 145 cm³/mol. The summed E-state index contributed by atoms with van der Waals surface area (Å²) in [7, 11) is 2.16. The van der Waals surface area contributed by atoms with E-state index in [1.54, 1.807) is 0 Å². The summed E-state index contributed by atoms with van der Waals surface area (Å²) in [6.45, 7) is 2.21. The molecule has 0 radical (unpaired) electrons. The van der Waals surface area contributed by atoms with Crippen LogP contribution in [0.25, 0.3) is 50.4 Å². The first-order valence-electron chi connectivity index (χ1n) is 12.0. The molecule has 0 N–H and O–H groups in total. The normalized spacial score (nSPS) is 11.1. The summed E-state index contributed by atoms with van der Waals surface area (Å²) >= 11 is 0. The monoisotopic (exact) mass is 451 g/mol. The number of aromatic nitrogens is 2. The Balaban J connectivity index is 1.52. The third-order valence-corrected chi connectivity index (χ3v) is 6.82. The van der Waals surface area contributed by atoms with Gasteiger partial charge in [0.15, 0.2) is 11.0 Å². The van der Waals surface area contributed by atoms with Gasteiger partial charge in [-0.3, -0.25) is 0 Å². The second kappa shape index (κ2) is 8.73. The lowest BCUT2D eigenvalue weighted by molar-refractivity contribution is -0.633. The van der Waals surface area contributed by atoms with Gasteiger partial charge in [-0.05, 0) is 65.1 Å². The standard InChI is InChI=1S/C33H27N2/c1-24-23-28(26-13-7-4-8-14-26)19-22-30(24)33-34(2)31-15-9-10-16-32(31)35(33)29-20-17-27(18-21-29)25-11-5-3-6-12-25/h3-23H,1-2H3/q+1. The first-order valence-corrected chi connectivity index (χ1v) is 12.0. The number of imidazole rings is 1. The number of benzene rings is 5. The summed E-state index contributed by atoms with van der Waals surface area (Å²) < 4.78 is 4.69. The average molecular weight is 452 g/mol. The molecule has 0 unspecified atom stereocenters. The van der Waals surface area contributed by atoms with Crippen molar-refractivity contribution in [3.05, 3.63) is 133 Å². The number of fused-ring (bicyclic) bond motifs is 1. The largest absolute Gasteiger partial charge is 0.295 e. The van der Waals surface area contributed by atoms with Crippen LogP contribution in [0.2, 0.25) is 0 Å². The molecule has 0 spiro atoms. The molecule has 0 bridgehead atoms. The fraction of sp³-hybridized carbons (Fsp3) is 0.0606. The van der Waals surface area contributed by atoms with Crippen LogP contribution < -0.4 is 4.57 Å². The molecule has 0 aliphatic heterocycles. The van der Waals surface area contributed by atoms with Crippen molar-refractivity contribution in [3.63, 3.8) is 0 Å². The maximum Gasteiger partial charge on any atom is 0.295 e. The lowest BCUT2D eigenvalue weighted by Crippen LogP contribution is -2.30. The zero-order valence-electron chi connectivity index (χ0n) is 20.0. The molecule has 0 saturated heterocycles. The van der Waals surface area contributed by atoms with E-state index < -0.39 is 0 Å². The van der Waals surface area contributed by atoms with Gasteiger partial charge in [0.05, 0.1) is 12.6 Å². The van der Waals surface area contributed by atoms with Crippen molar-refractivity contribution in [1.29, 1.82) is 0 Å². The summed E-state index contributed by atoms with van der Waals surface area (Å²) in [4.78, 5) is 0. The Morgan fingerprint density at radius 1 is 0.543 bits per heavy atom. The van der Waals surface area contributed by atoms with Crippen molar-refractivity contribution < 1.29 is 4.57 Å². The summed E-state index contributed by atoms with van der Waals surface area (Å²) in [5.41, 5.74) is 11.0. The number of nitrogens with zero attached hydrogens (tertiary/aromatic N) is 2. The quantitative estimate of drug-likeness (QED) is 0.242. The zero-order valence-corrected chi connectivity index (χ0v) is 20.0. The number of para-hydroxylation sites is 2. The molecule has 2 nitrogen and oxygen atoms in total. The van der Waals surface area contributed by atoms with Crippen molar-refractivity contribution in [3.8, 4) is 39.3 Å². The molecule has 2 heteroatoms. The van der Waals surface area contributed by atoms with E-state index >= 15 is 0 Å². The highest BCUT2D eigenvalue weighted by molar-refractivity contribution is 5.81. The molecular weight excluding hydrogens is 424 g/mol. The molecule has 0 amide bonds. The van der Waals surface area contributed by atoms with Gasteiger partial charge >= 0.3 is 0 Å².